The summed E-state index contributed by atoms with van der Waals surface area (Å²) in [7, 11) is 0. The summed E-state index contributed by atoms with van der Waals surface area (Å²) in [6.45, 7) is 5.56. The van der Waals surface area contributed by atoms with E-state index in [-0.39, 0.29) is 11.6 Å². The van der Waals surface area contributed by atoms with Crippen molar-refractivity contribution in [2.45, 2.75) is 30.1 Å². The minimum absolute atomic E-state index is 0.283. The first-order valence-corrected chi connectivity index (χ1v) is 6.94. The maximum absolute atomic E-state index is 12.2. The Bertz CT molecular complexity index is 519. The van der Waals surface area contributed by atoms with Gasteiger partial charge in [-0.25, -0.2) is 0 Å². The fourth-order valence-corrected chi connectivity index (χ4v) is 1.53. The molecule has 0 radical (unpaired) electrons. The monoisotopic (exact) mass is 336 g/mol. The van der Waals surface area contributed by atoms with Gasteiger partial charge in [0.1, 0.15) is 0 Å². The van der Waals surface area contributed by atoms with Gasteiger partial charge in [0.25, 0.3) is 15.6 Å². The van der Waals surface area contributed by atoms with Crippen molar-refractivity contribution >= 4 is 52.3 Å². The van der Waals surface area contributed by atoms with Crippen LogP contribution in [0.25, 0.3) is 0 Å². The highest BCUT2D eigenvalue weighted by Gasteiger charge is 2.31. The lowest BCUT2D eigenvalue weighted by molar-refractivity contribution is -0.115. The van der Waals surface area contributed by atoms with E-state index >= 15 is 0 Å². The molecule has 7 heteroatoms. The largest absolute Gasteiger partial charge is 0.347 e. The van der Waals surface area contributed by atoms with E-state index in [1.54, 1.807) is 24.3 Å². The van der Waals surface area contributed by atoms with Crippen molar-refractivity contribution in [1.29, 1.82) is 0 Å². The third-order valence-electron chi connectivity index (χ3n) is 2.17. The van der Waals surface area contributed by atoms with Crippen LogP contribution >= 0.6 is 34.8 Å². The first-order valence-electron chi connectivity index (χ1n) is 5.80. The number of para-hydroxylation sites is 1. The molecule has 0 fully saturated rings. The van der Waals surface area contributed by atoms with Gasteiger partial charge in [-0.1, -0.05) is 46.9 Å². The van der Waals surface area contributed by atoms with Gasteiger partial charge in [-0.05, 0) is 32.9 Å². The van der Waals surface area contributed by atoms with Gasteiger partial charge in [0.2, 0.25) is 0 Å². The Kier molecular flexibility index (Phi) is 5.30. The van der Waals surface area contributed by atoms with Crippen LogP contribution in [0.1, 0.15) is 31.1 Å². The fraction of sp³-hybridized carbons (Fsp3) is 0.385. The number of rotatable bonds is 2. The molecule has 0 aliphatic rings. The second-order valence-corrected chi connectivity index (χ2v) is 7.48. The standard InChI is InChI=1S/C13H15Cl3N2O2/c1-12(2,3)18-10(19)8-6-4-5-7-9(8)17-11(20)13(14,15)16/h4-7H,1-3H3,(H,17,20)(H,18,19). The topological polar surface area (TPSA) is 58.2 Å². The van der Waals surface area contributed by atoms with Crippen LogP contribution in [0.4, 0.5) is 5.69 Å². The molecule has 0 heterocycles. The molecule has 0 aliphatic heterocycles. The Morgan fingerprint density at radius 2 is 1.60 bits per heavy atom. The molecule has 0 saturated heterocycles. The first kappa shape index (κ1) is 17.1. The van der Waals surface area contributed by atoms with Crippen LogP contribution in [0.3, 0.4) is 0 Å². The average Bonchev–Trinajstić information content (AvgIpc) is 2.25. The maximum atomic E-state index is 12.2. The summed E-state index contributed by atoms with van der Waals surface area (Å²) in [4.78, 5) is 23.8. The smallest absolute Gasteiger partial charge is 0.276 e. The molecule has 0 bridgehead atoms. The summed E-state index contributed by atoms with van der Waals surface area (Å²) in [6, 6.07) is 6.49. The van der Waals surface area contributed by atoms with Gasteiger partial charge >= 0.3 is 0 Å². The van der Waals surface area contributed by atoms with E-state index in [9.17, 15) is 9.59 Å². The lowest BCUT2D eigenvalue weighted by atomic mass is 10.1. The maximum Gasteiger partial charge on any atom is 0.276 e. The number of benzene rings is 1. The number of hydrogen-bond donors (Lipinski definition) is 2. The number of nitrogens with one attached hydrogen (secondary N) is 2. The molecule has 2 N–H and O–H groups in total. The van der Waals surface area contributed by atoms with Crippen molar-refractivity contribution in [3.63, 3.8) is 0 Å². The Balaban J connectivity index is 3.00. The molecule has 0 atom stereocenters. The molecule has 4 nitrogen and oxygen atoms in total. The molecule has 110 valence electrons. The summed E-state index contributed by atoms with van der Waals surface area (Å²) in [5.41, 5.74) is 0.180. The van der Waals surface area contributed by atoms with Crippen LogP contribution in [0.5, 0.6) is 0 Å². The van der Waals surface area contributed by atoms with E-state index in [1.807, 2.05) is 20.8 Å². The number of carbonyl (C=O) groups is 2. The molecular weight excluding hydrogens is 323 g/mol. The number of amides is 2. The summed E-state index contributed by atoms with van der Waals surface area (Å²) in [6.07, 6.45) is 0. The predicted molar refractivity (Wildman–Crippen MR) is 82.6 cm³/mol. The molecule has 0 aromatic heterocycles. The van der Waals surface area contributed by atoms with E-state index < -0.39 is 15.2 Å². The molecule has 0 spiro atoms. The number of hydrogen-bond acceptors (Lipinski definition) is 2. The summed E-state index contributed by atoms with van der Waals surface area (Å²) >= 11 is 16.5. The molecule has 20 heavy (non-hydrogen) atoms. The number of halogens is 3. The van der Waals surface area contributed by atoms with Gasteiger partial charge in [0, 0.05) is 5.54 Å². The van der Waals surface area contributed by atoms with Gasteiger partial charge in [-0.15, -0.1) is 0 Å². The normalized spacial score (nSPS) is 11.9. The van der Waals surface area contributed by atoms with Crippen molar-refractivity contribution in [3.05, 3.63) is 29.8 Å². The fourth-order valence-electron chi connectivity index (χ4n) is 1.39. The lowest BCUT2D eigenvalue weighted by Crippen LogP contribution is -2.41. The summed E-state index contributed by atoms with van der Waals surface area (Å²) < 4.78 is -2.09. The van der Waals surface area contributed by atoms with Crippen molar-refractivity contribution in [2.75, 3.05) is 5.32 Å². The van der Waals surface area contributed by atoms with Crippen molar-refractivity contribution in [1.82, 2.24) is 5.32 Å². The summed E-state index contributed by atoms with van der Waals surface area (Å²) in [5, 5.41) is 5.22. The molecular formula is C13H15Cl3N2O2. The average molecular weight is 338 g/mol. The second-order valence-electron chi connectivity index (χ2n) is 5.20. The molecule has 1 aromatic carbocycles. The third kappa shape index (κ3) is 5.19. The van der Waals surface area contributed by atoms with Crippen LogP contribution in [-0.2, 0) is 4.79 Å². The zero-order valence-corrected chi connectivity index (χ0v) is 13.5. The first-order chi connectivity index (χ1) is 9.00. The summed E-state index contributed by atoms with van der Waals surface area (Å²) in [5.74, 6) is -1.14. The predicted octanol–water partition coefficient (Wildman–Crippen LogP) is 3.52. The number of anilines is 1. The Hall–Kier alpha value is -0.970. The van der Waals surface area contributed by atoms with Crippen molar-refractivity contribution in [2.24, 2.45) is 0 Å². The van der Waals surface area contributed by atoms with Gasteiger partial charge in [0.15, 0.2) is 0 Å². The molecule has 2 amide bonds. The van der Waals surface area contributed by atoms with Crippen LogP contribution < -0.4 is 10.6 Å². The molecule has 0 saturated carbocycles. The zero-order valence-electron chi connectivity index (χ0n) is 11.3. The van der Waals surface area contributed by atoms with Crippen LogP contribution in [0.2, 0.25) is 0 Å². The minimum Gasteiger partial charge on any atom is -0.347 e. The lowest BCUT2D eigenvalue weighted by Gasteiger charge is -2.22. The number of carbonyl (C=O) groups excluding carboxylic acids is 2. The Morgan fingerprint density at radius 3 is 2.10 bits per heavy atom. The molecule has 0 unspecified atom stereocenters. The minimum atomic E-state index is -2.09. The highest BCUT2D eigenvalue weighted by atomic mass is 35.6. The molecule has 1 rings (SSSR count). The zero-order chi connectivity index (χ0) is 15.6. The Morgan fingerprint density at radius 1 is 1.05 bits per heavy atom. The van der Waals surface area contributed by atoms with Crippen LogP contribution in [0.15, 0.2) is 24.3 Å². The Labute approximate surface area is 132 Å². The van der Waals surface area contributed by atoms with Gasteiger partial charge in [0.05, 0.1) is 11.3 Å². The SMILES string of the molecule is CC(C)(C)NC(=O)c1ccccc1NC(=O)C(Cl)(Cl)Cl. The second kappa shape index (κ2) is 6.20. The van der Waals surface area contributed by atoms with E-state index in [1.165, 1.54) is 0 Å². The van der Waals surface area contributed by atoms with E-state index in [2.05, 4.69) is 10.6 Å². The quantitative estimate of drug-likeness (QED) is 0.811. The van der Waals surface area contributed by atoms with Gasteiger partial charge in [-0.2, -0.15) is 0 Å². The van der Waals surface area contributed by atoms with Crippen molar-refractivity contribution < 1.29 is 9.59 Å². The number of alkyl halides is 3. The van der Waals surface area contributed by atoms with Crippen LogP contribution in [-0.4, -0.2) is 21.1 Å². The van der Waals surface area contributed by atoms with Gasteiger partial charge in [-0.3, -0.25) is 9.59 Å². The van der Waals surface area contributed by atoms with Crippen molar-refractivity contribution in [3.8, 4) is 0 Å². The van der Waals surface area contributed by atoms with E-state index in [0.717, 1.165) is 0 Å². The molecule has 0 aliphatic carbocycles. The van der Waals surface area contributed by atoms with Crippen LogP contribution in [0, 0.1) is 0 Å². The van der Waals surface area contributed by atoms with E-state index in [0.29, 0.717) is 5.56 Å². The molecule has 1 aromatic rings. The van der Waals surface area contributed by atoms with E-state index in [4.69, 9.17) is 34.8 Å². The third-order valence-corrected chi connectivity index (χ3v) is 2.68. The highest BCUT2D eigenvalue weighted by molar-refractivity contribution is 6.76. The van der Waals surface area contributed by atoms with Gasteiger partial charge < -0.3 is 10.6 Å². The highest BCUT2D eigenvalue weighted by Crippen LogP contribution is 2.28.